The summed E-state index contributed by atoms with van der Waals surface area (Å²) in [6, 6.07) is 2.88. The average Bonchev–Trinajstić information content (AvgIpc) is 2.52. The summed E-state index contributed by atoms with van der Waals surface area (Å²) < 4.78 is 26.9. The zero-order valence-electron chi connectivity index (χ0n) is 10.2. The summed E-state index contributed by atoms with van der Waals surface area (Å²) in [4.78, 5) is 1.14. The first-order chi connectivity index (χ1) is 8.63. The van der Waals surface area contributed by atoms with E-state index in [9.17, 15) is 8.78 Å². The number of thioether (sulfide) groups is 1. The first-order valence-corrected chi connectivity index (χ1v) is 6.69. The Bertz CT molecular complexity index is 542. The predicted molar refractivity (Wildman–Crippen MR) is 73.4 cm³/mol. The fourth-order valence-electron chi connectivity index (χ4n) is 1.92. The molecule has 94 valence electrons. The minimum Gasteiger partial charge on any atom is -0.204 e. The Morgan fingerprint density at radius 3 is 2.83 bits per heavy atom. The molecule has 3 heteroatoms. The van der Waals surface area contributed by atoms with Crippen LogP contribution in [0, 0.1) is 11.6 Å². The maximum absolute atomic E-state index is 13.7. The lowest BCUT2D eigenvalue weighted by atomic mass is 9.99. The van der Waals surface area contributed by atoms with E-state index in [-0.39, 0.29) is 0 Å². The first-order valence-electron chi connectivity index (χ1n) is 5.71. The maximum Gasteiger partial charge on any atom is 0.163 e. The monoisotopic (exact) mass is 264 g/mol. The maximum atomic E-state index is 13.7. The summed E-state index contributed by atoms with van der Waals surface area (Å²) in [6.07, 6.45) is 6.19. The number of halogens is 2. The molecule has 0 saturated heterocycles. The van der Waals surface area contributed by atoms with Gasteiger partial charge in [-0.05, 0) is 35.5 Å². The third-order valence-electron chi connectivity index (χ3n) is 2.99. The summed E-state index contributed by atoms with van der Waals surface area (Å²) in [6.45, 7) is 5.65. The number of hydrogen-bond acceptors (Lipinski definition) is 1. The van der Waals surface area contributed by atoms with Gasteiger partial charge in [-0.2, -0.15) is 0 Å². The Kier molecular flexibility index (Phi) is 4.02. The summed E-state index contributed by atoms with van der Waals surface area (Å²) in [5.74, 6) is -0.991. The largest absolute Gasteiger partial charge is 0.204 e. The van der Waals surface area contributed by atoms with Crippen molar-refractivity contribution in [1.82, 2.24) is 0 Å². The second-order valence-electron chi connectivity index (χ2n) is 4.14. The molecule has 1 aromatic carbocycles. The molecule has 0 amide bonds. The van der Waals surface area contributed by atoms with Crippen molar-refractivity contribution in [2.75, 3.05) is 0 Å². The van der Waals surface area contributed by atoms with Gasteiger partial charge in [0.05, 0.1) is 0 Å². The third-order valence-corrected chi connectivity index (χ3v) is 4.12. The van der Waals surface area contributed by atoms with E-state index in [4.69, 9.17) is 0 Å². The molecule has 2 rings (SSSR count). The van der Waals surface area contributed by atoms with Gasteiger partial charge in [-0.15, -0.1) is 11.8 Å². The number of allylic oxidation sites excluding steroid dienone is 5. The van der Waals surface area contributed by atoms with Crippen molar-refractivity contribution in [3.05, 3.63) is 70.2 Å². The Morgan fingerprint density at radius 1 is 1.33 bits per heavy atom. The molecule has 1 heterocycles. The topological polar surface area (TPSA) is 0 Å². The number of fused-ring (bicyclic) bond motifs is 1. The lowest BCUT2D eigenvalue weighted by molar-refractivity contribution is 0.501. The molecule has 0 aromatic heterocycles. The van der Waals surface area contributed by atoms with Gasteiger partial charge >= 0.3 is 0 Å². The molecule has 0 nitrogen and oxygen atoms in total. The molecule has 0 bridgehead atoms. The van der Waals surface area contributed by atoms with Gasteiger partial charge in [0.1, 0.15) is 0 Å². The van der Waals surface area contributed by atoms with E-state index in [1.165, 1.54) is 6.07 Å². The van der Waals surface area contributed by atoms with E-state index in [2.05, 4.69) is 6.58 Å². The van der Waals surface area contributed by atoms with Crippen molar-refractivity contribution in [1.29, 1.82) is 0 Å². The minimum atomic E-state index is -0.767. The number of hydrogen-bond donors (Lipinski definition) is 0. The van der Waals surface area contributed by atoms with Crippen LogP contribution in [0.15, 0.2) is 47.4 Å². The Labute approximate surface area is 110 Å². The van der Waals surface area contributed by atoms with Gasteiger partial charge in [-0.25, -0.2) is 8.78 Å². The van der Waals surface area contributed by atoms with Gasteiger partial charge in [-0.1, -0.05) is 30.9 Å². The summed E-state index contributed by atoms with van der Waals surface area (Å²) in [5, 5.41) is 0. The average molecular weight is 264 g/mol. The molecule has 18 heavy (non-hydrogen) atoms. The van der Waals surface area contributed by atoms with E-state index >= 15 is 0 Å². The van der Waals surface area contributed by atoms with Crippen molar-refractivity contribution in [3.8, 4) is 0 Å². The number of benzene rings is 1. The van der Waals surface area contributed by atoms with Gasteiger partial charge in [0.15, 0.2) is 11.6 Å². The second-order valence-corrected chi connectivity index (χ2v) is 5.33. The molecule has 0 aliphatic carbocycles. The molecular weight excluding hydrogens is 250 g/mol. The second kappa shape index (κ2) is 5.53. The Hall–Kier alpha value is -1.35. The normalized spacial score (nSPS) is 15.7. The molecule has 0 fully saturated rings. The highest BCUT2D eigenvalue weighted by atomic mass is 32.2. The van der Waals surface area contributed by atoms with Crippen LogP contribution < -0.4 is 0 Å². The van der Waals surface area contributed by atoms with Crippen molar-refractivity contribution >= 4 is 11.8 Å². The van der Waals surface area contributed by atoms with E-state index in [0.29, 0.717) is 17.7 Å². The van der Waals surface area contributed by atoms with E-state index < -0.39 is 11.6 Å². The molecule has 1 aromatic rings. The molecule has 0 atom stereocenters. The summed E-state index contributed by atoms with van der Waals surface area (Å²) in [7, 11) is 0. The quantitative estimate of drug-likeness (QED) is 0.693. The molecular formula is C15H14F2S. The van der Waals surface area contributed by atoms with Crippen LogP contribution in [-0.2, 0) is 12.2 Å². The zero-order chi connectivity index (χ0) is 13.1. The minimum absolute atomic E-state index is 0.482. The zero-order valence-corrected chi connectivity index (χ0v) is 11.0. The fourth-order valence-corrected chi connectivity index (χ4v) is 2.92. The highest BCUT2D eigenvalue weighted by molar-refractivity contribution is 8.02. The molecule has 0 radical (unpaired) electrons. The SMILES string of the molecule is C=C/C=C\C1=C(C)SCc2c(ccc(F)c2F)C1. The van der Waals surface area contributed by atoms with Crippen molar-refractivity contribution in [2.24, 2.45) is 0 Å². The molecule has 1 aliphatic heterocycles. The van der Waals surface area contributed by atoms with Gasteiger partial charge in [0.2, 0.25) is 0 Å². The Balaban J connectivity index is 2.42. The molecule has 0 spiro atoms. The van der Waals surface area contributed by atoms with Crippen molar-refractivity contribution in [2.45, 2.75) is 19.1 Å². The van der Waals surface area contributed by atoms with Crippen LogP contribution in [0.2, 0.25) is 0 Å². The van der Waals surface area contributed by atoms with Gasteiger partial charge in [-0.3, -0.25) is 0 Å². The Morgan fingerprint density at radius 2 is 2.11 bits per heavy atom. The van der Waals surface area contributed by atoms with Crippen LogP contribution in [0.3, 0.4) is 0 Å². The van der Waals surface area contributed by atoms with Gasteiger partial charge < -0.3 is 0 Å². The standard InChI is InChI=1S/C15H14F2S/c1-3-4-5-11-8-12-6-7-14(16)15(17)13(12)9-18-10(11)2/h3-7H,1,8-9H2,2H3/b5-4-. The van der Waals surface area contributed by atoms with Crippen LogP contribution in [-0.4, -0.2) is 0 Å². The molecule has 0 saturated carbocycles. The first kappa shape index (κ1) is 13.1. The van der Waals surface area contributed by atoms with Crippen LogP contribution >= 0.6 is 11.8 Å². The summed E-state index contributed by atoms with van der Waals surface area (Å²) in [5.41, 5.74) is 2.48. The highest BCUT2D eigenvalue weighted by Crippen LogP contribution is 2.34. The smallest absolute Gasteiger partial charge is 0.163 e. The van der Waals surface area contributed by atoms with Crippen LogP contribution in [0.1, 0.15) is 18.1 Å². The molecule has 1 aliphatic rings. The van der Waals surface area contributed by atoms with Crippen molar-refractivity contribution < 1.29 is 8.78 Å². The van der Waals surface area contributed by atoms with Crippen LogP contribution in [0.25, 0.3) is 0 Å². The summed E-state index contributed by atoms with van der Waals surface area (Å²) >= 11 is 1.55. The lowest BCUT2D eigenvalue weighted by Gasteiger charge is -2.07. The fraction of sp³-hybridized carbons (Fsp3) is 0.200. The number of rotatable bonds is 2. The predicted octanol–water partition coefficient (Wildman–Crippen LogP) is 4.77. The molecule has 0 N–H and O–H groups in total. The van der Waals surface area contributed by atoms with E-state index in [0.717, 1.165) is 16.0 Å². The van der Waals surface area contributed by atoms with E-state index in [1.807, 2.05) is 19.1 Å². The highest BCUT2D eigenvalue weighted by Gasteiger charge is 2.18. The van der Waals surface area contributed by atoms with Gasteiger partial charge in [0, 0.05) is 11.3 Å². The van der Waals surface area contributed by atoms with Gasteiger partial charge in [0.25, 0.3) is 0 Å². The van der Waals surface area contributed by atoms with Crippen molar-refractivity contribution in [3.63, 3.8) is 0 Å². The third kappa shape index (κ3) is 2.56. The van der Waals surface area contributed by atoms with E-state index in [1.54, 1.807) is 23.9 Å². The molecule has 0 unspecified atom stereocenters. The lowest BCUT2D eigenvalue weighted by Crippen LogP contribution is -1.99. The van der Waals surface area contributed by atoms with Crippen LogP contribution in [0.5, 0.6) is 0 Å². The van der Waals surface area contributed by atoms with Crippen LogP contribution in [0.4, 0.5) is 8.78 Å².